The first-order chi connectivity index (χ1) is 4.09. The van der Waals surface area contributed by atoms with Gasteiger partial charge in [-0.1, -0.05) is 0 Å². The summed E-state index contributed by atoms with van der Waals surface area (Å²) in [7, 11) is 0. The Balaban J connectivity index is 4.35. The Morgan fingerprint density at radius 2 is 1.67 bits per heavy atom. The molecule has 0 aromatic heterocycles. The summed E-state index contributed by atoms with van der Waals surface area (Å²) < 4.78 is 0. The number of aliphatic hydroxyl groups excluding tert-OH is 2. The van der Waals surface area contributed by atoms with E-state index in [0.29, 0.717) is 0 Å². The van der Waals surface area contributed by atoms with Crippen LogP contribution in [0.5, 0.6) is 0 Å². The van der Waals surface area contributed by atoms with Crippen molar-refractivity contribution in [3.05, 3.63) is 11.5 Å². The van der Waals surface area contributed by atoms with E-state index < -0.39 is 24.1 Å². The molecule has 0 rings (SSSR count). The molecule has 5 nitrogen and oxygen atoms in total. The van der Waals surface area contributed by atoms with Gasteiger partial charge >= 0.3 is 5.97 Å². The molecular formula is C4H6O5. The van der Waals surface area contributed by atoms with Crippen molar-refractivity contribution in [2.75, 3.05) is 6.61 Å². The van der Waals surface area contributed by atoms with Gasteiger partial charge in [0.05, 0.1) is 6.61 Å². The molecule has 0 amide bonds. The van der Waals surface area contributed by atoms with E-state index in [1.165, 1.54) is 0 Å². The van der Waals surface area contributed by atoms with Gasteiger partial charge in [0.2, 0.25) is 0 Å². The van der Waals surface area contributed by atoms with Gasteiger partial charge in [-0.2, -0.15) is 0 Å². The highest BCUT2D eigenvalue weighted by Gasteiger charge is 2.11. The van der Waals surface area contributed by atoms with Gasteiger partial charge < -0.3 is 20.4 Å². The second-order valence-corrected chi connectivity index (χ2v) is 1.27. The molecule has 0 aromatic carbocycles. The molecule has 0 radical (unpaired) electrons. The van der Waals surface area contributed by atoms with Gasteiger partial charge in [-0.25, -0.2) is 4.79 Å². The third kappa shape index (κ3) is 2.00. The zero-order valence-corrected chi connectivity index (χ0v) is 4.40. The van der Waals surface area contributed by atoms with Crippen LogP contribution in [0, 0.1) is 0 Å². The number of hydrogen-bond acceptors (Lipinski definition) is 4. The van der Waals surface area contributed by atoms with Crippen LogP contribution < -0.4 is 0 Å². The molecule has 0 saturated carbocycles. The predicted molar refractivity (Wildman–Crippen MR) is 27.0 cm³/mol. The summed E-state index contributed by atoms with van der Waals surface area (Å²) >= 11 is 0. The fraction of sp³-hybridized carbons (Fsp3) is 0.250. The molecule has 52 valence electrons. The van der Waals surface area contributed by atoms with E-state index >= 15 is 0 Å². The highest BCUT2D eigenvalue weighted by atomic mass is 16.5. The molecule has 0 atom stereocenters. The molecular weight excluding hydrogens is 128 g/mol. The molecule has 0 aromatic rings. The first-order valence-electron chi connectivity index (χ1n) is 2.04. The summed E-state index contributed by atoms with van der Waals surface area (Å²) in [5.41, 5.74) is -0.810. The van der Waals surface area contributed by atoms with E-state index in [1.54, 1.807) is 0 Å². The van der Waals surface area contributed by atoms with Gasteiger partial charge in [-0.05, 0) is 0 Å². The number of carbonyl (C=O) groups is 1. The summed E-state index contributed by atoms with van der Waals surface area (Å²) in [5.74, 6) is -2.90. The van der Waals surface area contributed by atoms with Crippen molar-refractivity contribution in [3.8, 4) is 0 Å². The minimum absolute atomic E-state index is 0.810. The third-order valence-electron chi connectivity index (χ3n) is 0.686. The first-order valence-corrected chi connectivity index (χ1v) is 2.04. The highest BCUT2D eigenvalue weighted by molar-refractivity contribution is 5.86. The Hall–Kier alpha value is -1.23. The van der Waals surface area contributed by atoms with Crippen LogP contribution in [0.1, 0.15) is 0 Å². The molecule has 9 heavy (non-hydrogen) atoms. The van der Waals surface area contributed by atoms with Gasteiger partial charge in [-0.15, -0.1) is 0 Å². The first kappa shape index (κ1) is 7.77. The standard InChI is InChI=1S/C4H6O5/c5-1-2(3(6)7)4(8)9/h5-7H,1H2,(H,8,9). The molecule has 0 aliphatic rings. The van der Waals surface area contributed by atoms with Crippen molar-refractivity contribution < 1.29 is 25.2 Å². The summed E-state index contributed by atoms with van der Waals surface area (Å²) in [5, 5.41) is 32.3. The molecule has 4 N–H and O–H groups in total. The van der Waals surface area contributed by atoms with Crippen molar-refractivity contribution in [1.29, 1.82) is 0 Å². The van der Waals surface area contributed by atoms with Crippen LogP contribution in [0.2, 0.25) is 0 Å². The Bertz CT molecular complexity index is 143. The molecule has 0 spiro atoms. The third-order valence-corrected chi connectivity index (χ3v) is 0.686. The number of carboxylic acid groups (broad SMARTS) is 1. The monoisotopic (exact) mass is 134 g/mol. The van der Waals surface area contributed by atoms with Gasteiger partial charge in [0, 0.05) is 0 Å². The molecule has 0 aliphatic carbocycles. The minimum atomic E-state index is -1.54. The minimum Gasteiger partial charge on any atom is -0.481 e. The Kier molecular flexibility index (Phi) is 2.53. The van der Waals surface area contributed by atoms with E-state index in [4.69, 9.17) is 20.4 Å². The molecule has 5 heteroatoms. The van der Waals surface area contributed by atoms with Crippen LogP contribution in [0.3, 0.4) is 0 Å². The van der Waals surface area contributed by atoms with Gasteiger partial charge in [0.15, 0.2) is 0 Å². The van der Waals surface area contributed by atoms with Crippen molar-refractivity contribution in [2.24, 2.45) is 0 Å². The zero-order valence-electron chi connectivity index (χ0n) is 4.40. The van der Waals surface area contributed by atoms with Crippen LogP contribution in [0.15, 0.2) is 11.5 Å². The van der Waals surface area contributed by atoms with E-state index in [0.717, 1.165) is 0 Å². The maximum atomic E-state index is 9.83. The van der Waals surface area contributed by atoms with Crippen molar-refractivity contribution in [1.82, 2.24) is 0 Å². The summed E-state index contributed by atoms with van der Waals surface area (Å²) in [4.78, 5) is 9.83. The second-order valence-electron chi connectivity index (χ2n) is 1.27. The lowest BCUT2D eigenvalue weighted by atomic mass is 10.3. The average molecular weight is 134 g/mol. The van der Waals surface area contributed by atoms with E-state index in [1.807, 2.05) is 0 Å². The van der Waals surface area contributed by atoms with Gasteiger partial charge in [0.25, 0.3) is 5.95 Å². The SMILES string of the molecule is O=C(O)C(CO)=C(O)O. The van der Waals surface area contributed by atoms with Crippen LogP contribution in [0.25, 0.3) is 0 Å². The van der Waals surface area contributed by atoms with Crippen LogP contribution in [-0.2, 0) is 4.79 Å². The fourth-order valence-electron chi connectivity index (χ4n) is 0.234. The topological polar surface area (TPSA) is 98.0 Å². The lowest BCUT2D eigenvalue weighted by Gasteiger charge is -1.94. The predicted octanol–water partition coefficient (Wildman–Crippen LogP) is -0.609. The van der Waals surface area contributed by atoms with E-state index in [2.05, 4.69) is 0 Å². The molecule has 0 aliphatic heterocycles. The Labute approximate surface area is 50.5 Å². The molecule has 0 bridgehead atoms. The van der Waals surface area contributed by atoms with Crippen molar-refractivity contribution in [2.45, 2.75) is 0 Å². The normalized spacial score (nSPS) is 8.56. The summed E-state index contributed by atoms with van der Waals surface area (Å²) in [6, 6.07) is 0. The highest BCUT2D eigenvalue weighted by Crippen LogP contribution is 1.95. The number of carboxylic acids is 1. The van der Waals surface area contributed by atoms with Gasteiger partial charge in [-0.3, -0.25) is 0 Å². The van der Waals surface area contributed by atoms with E-state index in [-0.39, 0.29) is 0 Å². The quantitative estimate of drug-likeness (QED) is 0.298. The summed E-state index contributed by atoms with van der Waals surface area (Å²) in [6.07, 6.45) is 0. The van der Waals surface area contributed by atoms with E-state index in [9.17, 15) is 4.79 Å². The smallest absolute Gasteiger partial charge is 0.341 e. The van der Waals surface area contributed by atoms with Crippen molar-refractivity contribution in [3.63, 3.8) is 0 Å². The second kappa shape index (κ2) is 2.93. The number of aliphatic hydroxyl groups is 3. The Morgan fingerprint density at radius 1 is 1.22 bits per heavy atom. The fourth-order valence-corrected chi connectivity index (χ4v) is 0.234. The zero-order chi connectivity index (χ0) is 7.44. The Morgan fingerprint density at radius 3 is 1.67 bits per heavy atom. The molecule has 0 heterocycles. The van der Waals surface area contributed by atoms with Crippen LogP contribution in [0.4, 0.5) is 0 Å². The summed E-state index contributed by atoms with van der Waals surface area (Å²) in [6.45, 7) is -0.891. The molecule has 0 saturated heterocycles. The van der Waals surface area contributed by atoms with Crippen LogP contribution in [-0.4, -0.2) is 33.0 Å². The number of hydrogen-bond donors (Lipinski definition) is 4. The maximum Gasteiger partial charge on any atom is 0.341 e. The van der Waals surface area contributed by atoms with Crippen LogP contribution >= 0.6 is 0 Å². The largest absolute Gasteiger partial charge is 0.481 e. The molecule has 0 fully saturated rings. The average Bonchev–Trinajstić information content (AvgIpc) is 1.64. The van der Waals surface area contributed by atoms with Crippen molar-refractivity contribution >= 4 is 5.97 Å². The maximum absolute atomic E-state index is 9.83. The van der Waals surface area contributed by atoms with Gasteiger partial charge in [0.1, 0.15) is 5.57 Å². The lowest BCUT2D eigenvalue weighted by Crippen LogP contribution is -2.08. The lowest BCUT2D eigenvalue weighted by molar-refractivity contribution is -0.133. The number of rotatable bonds is 2. The number of aliphatic carboxylic acids is 1. The molecule has 0 unspecified atom stereocenters.